The van der Waals surface area contributed by atoms with E-state index in [1.807, 2.05) is 42.5 Å². The Bertz CT molecular complexity index is 518. The second kappa shape index (κ2) is 4.35. The Balaban J connectivity index is 1.94. The maximum absolute atomic E-state index is 9.67. The Morgan fingerprint density at radius 1 is 1.06 bits per heavy atom. The summed E-state index contributed by atoms with van der Waals surface area (Å²) >= 11 is 0. The highest BCUT2D eigenvalue weighted by Crippen LogP contribution is 2.27. The third kappa shape index (κ3) is 1.99. The van der Waals surface area contributed by atoms with E-state index in [4.69, 9.17) is 9.47 Å². The van der Waals surface area contributed by atoms with Gasteiger partial charge in [-0.1, -0.05) is 36.4 Å². The molecular formula is C14H14O3. The van der Waals surface area contributed by atoms with Crippen molar-refractivity contribution in [3.05, 3.63) is 42.5 Å². The molecule has 0 bridgehead atoms. The monoisotopic (exact) mass is 230 g/mol. The van der Waals surface area contributed by atoms with Gasteiger partial charge in [0, 0.05) is 5.39 Å². The molecule has 0 aliphatic carbocycles. The summed E-state index contributed by atoms with van der Waals surface area (Å²) in [5, 5.41) is 11.9. The zero-order valence-electron chi connectivity index (χ0n) is 9.37. The molecule has 3 heteroatoms. The number of hydrogen-bond donors (Lipinski definition) is 1. The number of aliphatic hydroxyl groups is 1. The van der Waals surface area contributed by atoms with Gasteiger partial charge in [0.2, 0.25) is 0 Å². The van der Waals surface area contributed by atoms with Crippen LogP contribution in [0.25, 0.3) is 10.8 Å². The summed E-state index contributed by atoms with van der Waals surface area (Å²) in [4.78, 5) is 0. The van der Waals surface area contributed by atoms with Crippen LogP contribution in [0, 0.1) is 0 Å². The minimum atomic E-state index is -0.533. The van der Waals surface area contributed by atoms with Crippen LogP contribution in [0.1, 0.15) is 0 Å². The first-order valence-corrected chi connectivity index (χ1v) is 5.75. The highest BCUT2D eigenvalue weighted by molar-refractivity contribution is 5.88. The molecule has 1 aliphatic rings. The van der Waals surface area contributed by atoms with Crippen LogP contribution < -0.4 is 4.74 Å². The van der Waals surface area contributed by atoms with Crippen LogP contribution in [-0.2, 0) is 4.74 Å². The maximum atomic E-state index is 9.67. The van der Waals surface area contributed by atoms with Crippen molar-refractivity contribution in [2.75, 3.05) is 13.2 Å². The Labute approximate surface area is 99.6 Å². The molecule has 0 saturated carbocycles. The van der Waals surface area contributed by atoms with Gasteiger partial charge in [0.25, 0.3) is 0 Å². The Hall–Kier alpha value is -1.58. The zero-order valence-corrected chi connectivity index (χ0v) is 9.37. The van der Waals surface area contributed by atoms with Crippen molar-refractivity contribution in [3.8, 4) is 5.75 Å². The smallest absolute Gasteiger partial charge is 0.150 e. The normalized spacial score (nSPS) is 24.1. The first kappa shape index (κ1) is 10.6. The highest BCUT2D eigenvalue weighted by Gasteiger charge is 2.28. The van der Waals surface area contributed by atoms with E-state index in [-0.39, 0.29) is 6.10 Å². The predicted molar refractivity (Wildman–Crippen MR) is 65.2 cm³/mol. The molecule has 1 fully saturated rings. The van der Waals surface area contributed by atoms with Crippen LogP contribution in [0.15, 0.2) is 42.5 Å². The Kier molecular flexibility index (Phi) is 2.71. The fourth-order valence-electron chi connectivity index (χ4n) is 2.10. The van der Waals surface area contributed by atoms with E-state index in [9.17, 15) is 5.11 Å². The third-order valence-electron chi connectivity index (χ3n) is 3.03. The SMILES string of the molecule is O[C@@H]1COC[C@H]1Oc1cccc2ccccc12. The predicted octanol–water partition coefficient (Wildman–Crippen LogP) is 1.98. The minimum absolute atomic E-state index is 0.263. The number of aliphatic hydroxyl groups excluding tert-OH is 1. The van der Waals surface area contributed by atoms with Gasteiger partial charge < -0.3 is 14.6 Å². The van der Waals surface area contributed by atoms with Gasteiger partial charge in [0.15, 0.2) is 0 Å². The molecule has 3 rings (SSSR count). The molecule has 2 atom stereocenters. The lowest BCUT2D eigenvalue weighted by Crippen LogP contribution is -2.29. The summed E-state index contributed by atoms with van der Waals surface area (Å²) < 4.78 is 11.0. The van der Waals surface area contributed by atoms with E-state index in [0.29, 0.717) is 13.2 Å². The number of ether oxygens (including phenoxy) is 2. The standard InChI is InChI=1S/C14H14O3/c15-12-8-16-9-14(12)17-13-7-3-5-10-4-1-2-6-11(10)13/h1-7,12,14-15H,8-9H2/t12-,14-/m1/s1. The van der Waals surface area contributed by atoms with Crippen LogP contribution in [0.4, 0.5) is 0 Å². The van der Waals surface area contributed by atoms with Crippen molar-refractivity contribution in [2.45, 2.75) is 12.2 Å². The van der Waals surface area contributed by atoms with Crippen LogP contribution in [0.5, 0.6) is 5.75 Å². The lowest BCUT2D eigenvalue weighted by atomic mass is 10.1. The molecule has 1 saturated heterocycles. The molecule has 1 heterocycles. The minimum Gasteiger partial charge on any atom is -0.485 e. The summed E-state index contributed by atoms with van der Waals surface area (Å²) in [5.41, 5.74) is 0. The molecule has 0 aromatic heterocycles. The molecule has 3 nitrogen and oxygen atoms in total. The second-order valence-electron chi connectivity index (χ2n) is 4.24. The molecule has 0 spiro atoms. The summed E-state index contributed by atoms with van der Waals surface area (Å²) in [7, 11) is 0. The van der Waals surface area contributed by atoms with Crippen molar-refractivity contribution >= 4 is 10.8 Å². The summed E-state index contributed by atoms with van der Waals surface area (Å²) in [5.74, 6) is 0.803. The average molecular weight is 230 g/mol. The molecule has 1 aliphatic heterocycles. The number of fused-ring (bicyclic) bond motifs is 1. The maximum Gasteiger partial charge on any atom is 0.150 e. The molecule has 0 unspecified atom stereocenters. The van der Waals surface area contributed by atoms with E-state index in [1.54, 1.807) is 0 Å². The van der Waals surface area contributed by atoms with Crippen molar-refractivity contribution in [2.24, 2.45) is 0 Å². The average Bonchev–Trinajstić information content (AvgIpc) is 2.76. The van der Waals surface area contributed by atoms with Crippen molar-refractivity contribution in [3.63, 3.8) is 0 Å². The third-order valence-corrected chi connectivity index (χ3v) is 3.03. The van der Waals surface area contributed by atoms with Gasteiger partial charge >= 0.3 is 0 Å². The van der Waals surface area contributed by atoms with Crippen LogP contribution in [-0.4, -0.2) is 30.5 Å². The molecule has 2 aromatic rings. The first-order chi connectivity index (χ1) is 8.34. The lowest BCUT2D eigenvalue weighted by Gasteiger charge is -2.16. The number of benzene rings is 2. The van der Waals surface area contributed by atoms with Gasteiger partial charge in [0.1, 0.15) is 18.0 Å². The molecular weight excluding hydrogens is 216 g/mol. The van der Waals surface area contributed by atoms with Gasteiger partial charge in [-0.05, 0) is 11.5 Å². The second-order valence-corrected chi connectivity index (χ2v) is 4.24. The van der Waals surface area contributed by atoms with Crippen molar-refractivity contribution in [1.82, 2.24) is 0 Å². The van der Waals surface area contributed by atoms with Gasteiger partial charge in [-0.2, -0.15) is 0 Å². The number of rotatable bonds is 2. The number of hydrogen-bond acceptors (Lipinski definition) is 3. The molecule has 2 aromatic carbocycles. The largest absolute Gasteiger partial charge is 0.485 e. The van der Waals surface area contributed by atoms with Gasteiger partial charge in [-0.3, -0.25) is 0 Å². The fraction of sp³-hybridized carbons (Fsp3) is 0.286. The highest BCUT2D eigenvalue weighted by atomic mass is 16.6. The van der Waals surface area contributed by atoms with Crippen LogP contribution in [0.2, 0.25) is 0 Å². The van der Waals surface area contributed by atoms with E-state index in [1.165, 1.54) is 0 Å². The Morgan fingerprint density at radius 3 is 2.71 bits per heavy atom. The van der Waals surface area contributed by atoms with E-state index in [0.717, 1.165) is 16.5 Å². The topological polar surface area (TPSA) is 38.7 Å². The summed E-state index contributed by atoms with van der Waals surface area (Å²) in [6, 6.07) is 14.0. The van der Waals surface area contributed by atoms with Crippen molar-refractivity contribution in [1.29, 1.82) is 0 Å². The van der Waals surface area contributed by atoms with E-state index in [2.05, 4.69) is 0 Å². The lowest BCUT2D eigenvalue weighted by molar-refractivity contribution is 0.0743. The van der Waals surface area contributed by atoms with E-state index < -0.39 is 6.10 Å². The fourth-order valence-corrected chi connectivity index (χ4v) is 2.10. The van der Waals surface area contributed by atoms with Gasteiger partial charge in [-0.15, -0.1) is 0 Å². The first-order valence-electron chi connectivity index (χ1n) is 5.75. The van der Waals surface area contributed by atoms with Crippen molar-refractivity contribution < 1.29 is 14.6 Å². The Morgan fingerprint density at radius 2 is 1.88 bits per heavy atom. The quantitative estimate of drug-likeness (QED) is 0.857. The zero-order chi connectivity index (χ0) is 11.7. The molecule has 17 heavy (non-hydrogen) atoms. The molecule has 0 amide bonds. The van der Waals surface area contributed by atoms with E-state index >= 15 is 0 Å². The van der Waals surface area contributed by atoms with Gasteiger partial charge in [0.05, 0.1) is 13.2 Å². The molecule has 88 valence electrons. The van der Waals surface area contributed by atoms with Gasteiger partial charge in [-0.25, -0.2) is 0 Å². The molecule has 0 radical (unpaired) electrons. The van der Waals surface area contributed by atoms with Crippen LogP contribution >= 0.6 is 0 Å². The van der Waals surface area contributed by atoms with Crippen LogP contribution in [0.3, 0.4) is 0 Å². The molecule has 1 N–H and O–H groups in total. The summed E-state index contributed by atoms with van der Waals surface area (Å²) in [6.45, 7) is 0.805. The summed E-state index contributed by atoms with van der Waals surface area (Å²) in [6.07, 6.45) is -0.797.